The van der Waals surface area contributed by atoms with Gasteiger partial charge in [0.15, 0.2) is 0 Å². The van der Waals surface area contributed by atoms with Gasteiger partial charge in [-0.1, -0.05) is 0 Å². The molecule has 0 saturated heterocycles. The van der Waals surface area contributed by atoms with Crippen molar-refractivity contribution >= 4 is 15.7 Å². The molecule has 0 heterocycles. The second-order valence-electron chi connectivity index (χ2n) is 4.91. The Morgan fingerprint density at radius 2 is 2.00 bits per heavy atom. The summed E-state index contributed by atoms with van der Waals surface area (Å²) in [5.41, 5.74) is 5.66. The molecule has 5 nitrogen and oxygen atoms in total. The zero-order valence-electron chi connectivity index (χ0n) is 11.9. The van der Waals surface area contributed by atoms with Crippen molar-refractivity contribution in [3.63, 3.8) is 0 Å². The summed E-state index contributed by atoms with van der Waals surface area (Å²) in [4.78, 5) is -0.123. The van der Waals surface area contributed by atoms with Gasteiger partial charge in [-0.3, -0.25) is 0 Å². The summed E-state index contributed by atoms with van der Waals surface area (Å²) in [5, 5.41) is 8.87. The molecule has 1 rings (SSSR count). The van der Waals surface area contributed by atoms with Crippen LogP contribution < -0.4 is 5.73 Å². The molecule has 1 aromatic rings. The second-order valence-corrected chi connectivity index (χ2v) is 6.77. The summed E-state index contributed by atoms with van der Waals surface area (Å²) < 4.78 is 40.2. The van der Waals surface area contributed by atoms with Crippen LogP contribution in [0.5, 0.6) is 0 Å². The average Bonchev–Trinajstić information content (AvgIpc) is 2.33. The Kier molecular flexibility index (Phi) is 5.50. The molecule has 0 atom stereocenters. The molecule has 0 spiro atoms. The molecule has 0 bridgehead atoms. The quantitative estimate of drug-likeness (QED) is 0.780. The first-order valence-electron chi connectivity index (χ1n) is 6.40. The summed E-state index contributed by atoms with van der Waals surface area (Å²) in [7, 11) is -3.85. The molecule has 0 aromatic heterocycles. The summed E-state index contributed by atoms with van der Waals surface area (Å²) in [6, 6.07) is 2.07. The number of aliphatic hydroxyl groups excluding tert-OH is 1. The molecule has 7 heteroatoms. The van der Waals surface area contributed by atoms with Gasteiger partial charge in [0, 0.05) is 30.4 Å². The van der Waals surface area contributed by atoms with E-state index in [1.165, 1.54) is 17.3 Å². The third kappa shape index (κ3) is 3.47. The van der Waals surface area contributed by atoms with E-state index in [-0.39, 0.29) is 35.3 Å². The van der Waals surface area contributed by atoms with Crippen molar-refractivity contribution in [3.05, 3.63) is 23.5 Å². The highest BCUT2D eigenvalue weighted by Crippen LogP contribution is 2.26. The molecule has 20 heavy (non-hydrogen) atoms. The van der Waals surface area contributed by atoms with Crippen molar-refractivity contribution in [2.24, 2.45) is 0 Å². The largest absolute Gasteiger partial charge is 0.399 e. The van der Waals surface area contributed by atoms with Crippen molar-refractivity contribution in [1.29, 1.82) is 0 Å². The van der Waals surface area contributed by atoms with Crippen LogP contribution >= 0.6 is 0 Å². The molecule has 3 N–H and O–H groups in total. The topological polar surface area (TPSA) is 83.6 Å². The summed E-state index contributed by atoms with van der Waals surface area (Å²) in [5.74, 6) is -0.644. The fourth-order valence-corrected chi connectivity index (χ4v) is 3.90. The van der Waals surface area contributed by atoms with E-state index < -0.39 is 15.8 Å². The van der Waals surface area contributed by atoms with E-state index in [0.29, 0.717) is 6.42 Å². The van der Waals surface area contributed by atoms with Crippen LogP contribution in [0.25, 0.3) is 0 Å². The summed E-state index contributed by atoms with van der Waals surface area (Å²) >= 11 is 0. The molecule has 0 saturated carbocycles. The molecule has 0 aliphatic carbocycles. The molecule has 0 aliphatic rings. The fourth-order valence-electron chi connectivity index (χ4n) is 1.95. The molecule has 0 aliphatic heterocycles. The van der Waals surface area contributed by atoms with Gasteiger partial charge >= 0.3 is 0 Å². The lowest BCUT2D eigenvalue weighted by Crippen LogP contribution is -2.38. The number of nitrogen functional groups attached to an aromatic ring is 1. The van der Waals surface area contributed by atoms with Crippen LogP contribution in [-0.4, -0.2) is 37.0 Å². The zero-order chi connectivity index (χ0) is 15.5. The average molecular weight is 304 g/mol. The minimum atomic E-state index is -3.85. The minimum absolute atomic E-state index is 0.0499. The summed E-state index contributed by atoms with van der Waals surface area (Å²) in [6.45, 7) is 4.93. The van der Waals surface area contributed by atoms with Gasteiger partial charge in [0.05, 0.1) is 4.90 Å². The van der Waals surface area contributed by atoms with Crippen molar-refractivity contribution in [2.75, 3.05) is 18.9 Å². The van der Waals surface area contributed by atoms with Crippen molar-refractivity contribution in [3.8, 4) is 0 Å². The number of sulfonamides is 1. The highest BCUT2D eigenvalue weighted by molar-refractivity contribution is 7.89. The molecule has 0 unspecified atom stereocenters. The number of nitrogens with two attached hydrogens (primary N) is 1. The molecular formula is C13H21FN2O3S. The maximum absolute atomic E-state index is 13.7. The first-order chi connectivity index (χ1) is 9.21. The number of aliphatic hydroxyl groups is 1. The first-order valence-corrected chi connectivity index (χ1v) is 7.84. The number of rotatable bonds is 6. The van der Waals surface area contributed by atoms with Gasteiger partial charge in [-0.05, 0) is 39.3 Å². The van der Waals surface area contributed by atoms with E-state index in [4.69, 9.17) is 10.8 Å². The van der Waals surface area contributed by atoms with E-state index >= 15 is 0 Å². The number of nitrogens with zero attached hydrogens (tertiary/aromatic N) is 1. The SMILES string of the molecule is Cc1c(F)cc(N)cc1S(=O)(=O)N(CCCO)C(C)C. The molecular weight excluding hydrogens is 283 g/mol. The Morgan fingerprint density at radius 1 is 1.40 bits per heavy atom. The Hall–Kier alpha value is -1.18. The van der Waals surface area contributed by atoms with Crippen molar-refractivity contribution in [1.82, 2.24) is 4.31 Å². The maximum atomic E-state index is 13.7. The number of benzene rings is 1. The van der Waals surface area contributed by atoms with Gasteiger partial charge in [-0.2, -0.15) is 4.31 Å². The predicted molar refractivity (Wildman–Crippen MR) is 76.3 cm³/mol. The van der Waals surface area contributed by atoms with E-state index in [2.05, 4.69) is 0 Å². The normalized spacial score (nSPS) is 12.3. The van der Waals surface area contributed by atoms with Crippen LogP contribution in [0, 0.1) is 12.7 Å². The monoisotopic (exact) mass is 304 g/mol. The van der Waals surface area contributed by atoms with Crippen molar-refractivity contribution in [2.45, 2.75) is 38.1 Å². The first kappa shape index (κ1) is 16.9. The highest BCUT2D eigenvalue weighted by Gasteiger charge is 2.29. The van der Waals surface area contributed by atoms with E-state index in [9.17, 15) is 12.8 Å². The van der Waals surface area contributed by atoms with Crippen LogP contribution in [0.1, 0.15) is 25.8 Å². The summed E-state index contributed by atoms with van der Waals surface area (Å²) in [6.07, 6.45) is 0.321. The fraction of sp³-hybridized carbons (Fsp3) is 0.538. The van der Waals surface area contributed by atoms with E-state index in [1.807, 2.05) is 0 Å². The lowest BCUT2D eigenvalue weighted by atomic mass is 10.2. The standard InChI is InChI=1S/C13H21FN2O3S/c1-9(2)16(5-4-6-17)20(18,19)13-8-11(15)7-12(14)10(13)3/h7-9,17H,4-6,15H2,1-3H3. The number of hydrogen-bond acceptors (Lipinski definition) is 4. The van der Waals surface area contributed by atoms with Gasteiger partial charge in [0.2, 0.25) is 10.0 Å². The van der Waals surface area contributed by atoms with Crippen LogP contribution in [0.2, 0.25) is 0 Å². The molecule has 0 fully saturated rings. The molecule has 1 aromatic carbocycles. The van der Waals surface area contributed by atoms with Crippen LogP contribution in [0.4, 0.5) is 10.1 Å². The van der Waals surface area contributed by atoms with Crippen LogP contribution in [-0.2, 0) is 10.0 Å². The zero-order valence-corrected chi connectivity index (χ0v) is 12.7. The lowest BCUT2D eigenvalue weighted by molar-refractivity contribution is 0.258. The molecule has 114 valence electrons. The minimum Gasteiger partial charge on any atom is -0.399 e. The van der Waals surface area contributed by atoms with E-state index in [0.717, 1.165) is 6.07 Å². The van der Waals surface area contributed by atoms with Gasteiger partial charge in [-0.25, -0.2) is 12.8 Å². The van der Waals surface area contributed by atoms with Gasteiger partial charge in [0.25, 0.3) is 0 Å². The van der Waals surface area contributed by atoms with Gasteiger partial charge in [0.1, 0.15) is 5.82 Å². The van der Waals surface area contributed by atoms with Crippen LogP contribution in [0.3, 0.4) is 0 Å². The molecule has 0 radical (unpaired) electrons. The second kappa shape index (κ2) is 6.51. The lowest BCUT2D eigenvalue weighted by Gasteiger charge is -2.26. The number of hydrogen-bond donors (Lipinski definition) is 2. The number of anilines is 1. The van der Waals surface area contributed by atoms with Gasteiger partial charge in [-0.15, -0.1) is 0 Å². The maximum Gasteiger partial charge on any atom is 0.243 e. The highest BCUT2D eigenvalue weighted by atomic mass is 32.2. The Labute approximate surface area is 119 Å². The van der Waals surface area contributed by atoms with Gasteiger partial charge < -0.3 is 10.8 Å². The Balaban J connectivity index is 3.33. The number of halogens is 1. The van der Waals surface area contributed by atoms with Crippen LogP contribution in [0.15, 0.2) is 17.0 Å². The predicted octanol–water partition coefficient (Wildman–Crippen LogP) is 1.50. The Morgan fingerprint density at radius 3 is 2.50 bits per heavy atom. The third-order valence-corrected chi connectivity index (χ3v) is 5.22. The third-order valence-electron chi connectivity index (χ3n) is 3.02. The molecule has 0 amide bonds. The van der Waals surface area contributed by atoms with Crippen molar-refractivity contribution < 1.29 is 17.9 Å². The van der Waals surface area contributed by atoms with E-state index in [1.54, 1.807) is 13.8 Å². The Bertz CT molecular complexity index is 573. The smallest absolute Gasteiger partial charge is 0.243 e.